The standard InChI is InChI=1S/C24H31N7O3S/c1-29(2)22-14-13-20(35(33,34)30-15-7-4-8-16-30)18-21(22)25-23(32)12-9-17-31-27-24(26-28-31)19-10-5-3-6-11-19/h3,5-6,10-11,13-14,18H,4,7-9,12,15-17H2,1-2H3,(H,25,32). The molecule has 10 nitrogen and oxygen atoms in total. The number of nitrogens with one attached hydrogen (secondary N) is 1. The van der Waals surface area contributed by atoms with Crippen molar-refractivity contribution in [2.45, 2.75) is 43.5 Å². The van der Waals surface area contributed by atoms with E-state index in [2.05, 4.69) is 20.7 Å². The van der Waals surface area contributed by atoms with E-state index >= 15 is 0 Å². The quantitative estimate of drug-likeness (QED) is 0.483. The molecule has 1 aromatic heterocycles. The molecule has 0 unspecified atom stereocenters. The highest BCUT2D eigenvalue weighted by Crippen LogP contribution is 2.30. The molecule has 2 heterocycles. The number of hydrogen-bond acceptors (Lipinski definition) is 7. The summed E-state index contributed by atoms with van der Waals surface area (Å²) in [5.74, 6) is 0.335. The van der Waals surface area contributed by atoms with E-state index < -0.39 is 10.0 Å². The largest absolute Gasteiger partial charge is 0.376 e. The van der Waals surface area contributed by atoms with Crippen LogP contribution in [0.15, 0.2) is 53.4 Å². The topological polar surface area (TPSA) is 113 Å². The van der Waals surface area contributed by atoms with Gasteiger partial charge in [0, 0.05) is 39.2 Å². The van der Waals surface area contributed by atoms with Crippen LogP contribution in [0.1, 0.15) is 32.1 Å². The molecule has 0 aliphatic carbocycles. The molecule has 0 atom stereocenters. The Morgan fingerprint density at radius 1 is 1.06 bits per heavy atom. The lowest BCUT2D eigenvalue weighted by Gasteiger charge is -2.26. The van der Waals surface area contributed by atoms with Crippen LogP contribution in [0.3, 0.4) is 0 Å². The van der Waals surface area contributed by atoms with Gasteiger partial charge in [0.25, 0.3) is 0 Å². The minimum Gasteiger partial charge on any atom is -0.376 e. The second-order valence-corrected chi connectivity index (χ2v) is 10.7. The van der Waals surface area contributed by atoms with Crippen LogP contribution in [0, 0.1) is 0 Å². The summed E-state index contributed by atoms with van der Waals surface area (Å²) in [5, 5.41) is 15.4. The van der Waals surface area contributed by atoms with E-state index in [4.69, 9.17) is 0 Å². The van der Waals surface area contributed by atoms with Gasteiger partial charge in [-0.2, -0.15) is 9.10 Å². The fourth-order valence-corrected chi connectivity index (χ4v) is 5.60. The maximum absolute atomic E-state index is 13.1. The van der Waals surface area contributed by atoms with Crippen molar-refractivity contribution in [1.82, 2.24) is 24.5 Å². The molecule has 1 amide bonds. The predicted octanol–water partition coefficient (Wildman–Crippen LogP) is 3.00. The summed E-state index contributed by atoms with van der Waals surface area (Å²) >= 11 is 0. The third-order valence-electron chi connectivity index (χ3n) is 5.92. The van der Waals surface area contributed by atoms with Gasteiger partial charge in [-0.15, -0.1) is 10.2 Å². The lowest BCUT2D eigenvalue weighted by molar-refractivity contribution is -0.116. The predicted molar refractivity (Wildman–Crippen MR) is 134 cm³/mol. The van der Waals surface area contributed by atoms with E-state index in [0.717, 1.165) is 30.5 Å². The number of aromatic nitrogens is 4. The summed E-state index contributed by atoms with van der Waals surface area (Å²) in [6.07, 6.45) is 3.53. The van der Waals surface area contributed by atoms with Crippen LogP contribution >= 0.6 is 0 Å². The van der Waals surface area contributed by atoms with Gasteiger partial charge in [0.05, 0.1) is 22.8 Å². The molecule has 1 aliphatic rings. The molecule has 3 aromatic rings. The second-order valence-electron chi connectivity index (χ2n) is 8.76. The Kier molecular flexibility index (Phi) is 7.76. The molecule has 186 valence electrons. The van der Waals surface area contributed by atoms with Crippen LogP contribution < -0.4 is 10.2 Å². The summed E-state index contributed by atoms with van der Waals surface area (Å²) in [5.41, 5.74) is 2.09. The Bertz CT molecular complexity index is 1250. The van der Waals surface area contributed by atoms with Gasteiger partial charge < -0.3 is 10.2 Å². The number of anilines is 2. The van der Waals surface area contributed by atoms with E-state index in [9.17, 15) is 13.2 Å². The van der Waals surface area contributed by atoms with Gasteiger partial charge in [-0.25, -0.2) is 8.42 Å². The number of rotatable bonds is 9. The first kappa shape index (κ1) is 24.8. The molecule has 35 heavy (non-hydrogen) atoms. The minimum atomic E-state index is -3.60. The number of nitrogens with zero attached hydrogens (tertiary/aromatic N) is 6. The van der Waals surface area contributed by atoms with Crippen molar-refractivity contribution in [3.8, 4) is 11.4 Å². The third-order valence-corrected chi connectivity index (χ3v) is 7.82. The van der Waals surface area contributed by atoms with E-state index in [0.29, 0.717) is 37.6 Å². The zero-order chi connectivity index (χ0) is 24.8. The first-order valence-electron chi connectivity index (χ1n) is 11.8. The van der Waals surface area contributed by atoms with Crippen molar-refractivity contribution in [2.75, 3.05) is 37.4 Å². The van der Waals surface area contributed by atoms with Gasteiger partial charge in [-0.1, -0.05) is 36.8 Å². The Balaban J connectivity index is 1.40. The summed E-state index contributed by atoms with van der Waals surface area (Å²) in [4.78, 5) is 16.2. The first-order valence-corrected chi connectivity index (χ1v) is 13.2. The molecule has 0 radical (unpaired) electrons. The minimum absolute atomic E-state index is 0.195. The molecule has 1 N–H and O–H groups in total. The van der Waals surface area contributed by atoms with Gasteiger partial charge in [-0.3, -0.25) is 4.79 Å². The molecule has 4 rings (SSSR count). The van der Waals surface area contributed by atoms with Crippen LogP contribution in [0.25, 0.3) is 11.4 Å². The highest BCUT2D eigenvalue weighted by molar-refractivity contribution is 7.89. The molecule has 0 bridgehead atoms. The average Bonchev–Trinajstić information content (AvgIpc) is 3.34. The lowest BCUT2D eigenvalue weighted by Crippen LogP contribution is -2.35. The van der Waals surface area contributed by atoms with Crippen molar-refractivity contribution >= 4 is 27.3 Å². The highest BCUT2D eigenvalue weighted by Gasteiger charge is 2.27. The van der Waals surface area contributed by atoms with Crippen LogP contribution in [-0.2, 0) is 21.4 Å². The van der Waals surface area contributed by atoms with Gasteiger partial charge in [-0.05, 0) is 42.7 Å². The molecule has 11 heteroatoms. The Labute approximate surface area is 206 Å². The molecular formula is C24H31N7O3S. The van der Waals surface area contributed by atoms with E-state index in [-0.39, 0.29) is 17.2 Å². The summed E-state index contributed by atoms with van der Waals surface area (Å²) in [6, 6.07) is 14.5. The summed E-state index contributed by atoms with van der Waals surface area (Å²) in [6.45, 7) is 1.50. The monoisotopic (exact) mass is 497 g/mol. The van der Waals surface area contributed by atoms with Crippen LogP contribution in [-0.4, -0.2) is 66.0 Å². The number of amides is 1. The first-order chi connectivity index (χ1) is 16.8. The van der Waals surface area contributed by atoms with Crippen molar-refractivity contribution in [2.24, 2.45) is 0 Å². The third kappa shape index (κ3) is 6.04. The maximum atomic E-state index is 13.1. The second kappa shape index (κ2) is 11.0. The zero-order valence-corrected chi connectivity index (χ0v) is 20.9. The van der Waals surface area contributed by atoms with Crippen molar-refractivity contribution in [3.05, 3.63) is 48.5 Å². The number of carbonyl (C=O) groups is 1. The molecule has 1 fully saturated rings. The van der Waals surface area contributed by atoms with Crippen LogP contribution in [0.5, 0.6) is 0 Å². The Morgan fingerprint density at radius 2 is 1.80 bits per heavy atom. The van der Waals surface area contributed by atoms with Gasteiger partial charge in [0.2, 0.25) is 21.8 Å². The van der Waals surface area contributed by atoms with Gasteiger partial charge in [0.1, 0.15) is 0 Å². The molecule has 2 aromatic carbocycles. The normalized spacial score (nSPS) is 14.6. The molecule has 1 saturated heterocycles. The highest BCUT2D eigenvalue weighted by atomic mass is 32.2. The van der Waals surface area contributed by atoms with Crippen molar-refractivity contribution in [3.63, 3.8) is 0 Å². The van der Waals surface area contributed by atoms with Crippen LogP contribution in [0.2, 0.25) is 0 Å². The molecule has 0 spiro atoms. The maximum Gasteiger partial charge on any atom is 0.243 e. The zero-order valence-electron chi connectivity index (χ0n) is 20.1. The number of sulfonamides is 1. The molecule has 1 aliphatic heterocycles. The Hall–Kier alpha value is -3.31. The SMILES string of the molecule is CN(C)c1ccc(S(=O)(=O)N2CCCCC2)cc1NC(=O)CCCn1nnc(-c2ccccc2)n1. The summed E-state index contributed by atoms with van der Waals surface area (Å²) in [7, 11) is 0.104. The summed E-state index contributed by atoms with van der Waals surface area (Å²) < 4.78 is 27.8. The van der Waals surface area contributed by atoms with E-state index in [1.54, 1.807) is 18.2 Å². The number of carbonyl (C=O) groups excluding carboxylic acids is 1. The van der Waals surface area contributed by atoms with Crippen molar-refractivity contribution in [1.29, 1.82) is 0 Å². The van der Waals surface area contributed by atoms with Gasteiger partial charge in [0.15, 0.2) is 0 Å². The number of hydrogen-bond donors (Lipinski definition) is 1. The molecule has 0 saturated carbocycles. The van der Waals surface area contributed by atoms with Crippen LogP contribution in [0.4, 0.5) is 11.4 Å². The number of tetrazole rings is 1. The average molecular weight is 498 g/mol. The van der Waals surface area contributed by atoms with Crippen molar-refractivity contribution < 1.29 is 13.2 Å². The number of aryl methyl sites for hydroxylation is 1. The number of benzene rings is 2. The smallest absolute Gasteiger partial charge is 0.243 e. The van der Waals surface area contributed by atoms with Gasteiger partial charge >= 0.3 is 0 Å². The lowest BCUT2D eigenvalue weighted by atomic mass is 10.2. The van der Waals surface area contributed by atoms with E-state index in [1.807, 2.05) is 49.3 Å². The Morgan fingerprint density at radius 3 is 2.51 bits per heavy atom. The van der Waals surface area contributed by atoms with E-state index in [1.165, 1.54) is 9.10 Å². The fourth-order valence-electron chi connectivity index (χ4n) is 4.05. The molecular weight excluding hydrogens is 466 g/mol. The number of piperidine rings is 1. The fraction of sp³-hybridized carbons (Fsp3) is 0.417.